The number of carbonyl (C=O) groups is 1. The number of hydrogen-bond acceptors (Lipinski definition) is 3. The van der Waals surface area contributed by atoms with Gasteiger partial charge in [-0.25, -0.2) is 22.6 Å². The van der Waals surface area contributed by atoms with Crippen LogP contribution in [0.4, 0.5) is 13.2 Å². The first-order valence-electron chi connectivity index (χ1n) is 4.57. The maximum atomic E-state index is 13.4. The van der Waals surface area contributed by atoms with Gasteiger partial charge in [-0.15, -0.1) is 0 Å². The molecule has 18 heavy (non-hydrogen) atoms. The smallest absolute Gasteiger partial charge is 0.360 e. The highest BCUT2D eigenvalue weighted by molar-refractivity contribution is 5.88. The summed E-state index contributed by atoms with van der Waals surface area (Å²) in [6.45, 7) is 0. The highest BCUT2D eigenvalue weighted by atomic mass is 19.2. The lowest BCUT2D eigenvalue weighted by Crippen LogP contribution is -2.04. The largest absolute Gasteiger partial charge is 0.504 e. The van der Waals surface area contributed by atoms with Crippen molar-refractivity contribution in [3.05, 3.63) is 41.5 Å². The Labute approximate surface area is 97.7 Å². The molecule has 8 heteroatoms. The molecule has 0 aliphatic heterocycles. The number of benzene rings is 1. The van der Waals surface area contributed by atoms with Crippen molar-refractivity contribution in [1.82, 2.24) is 9.78 Å². The molecule has 0 bridgehead atoms. The average molecular weight is 258 g/mol. The molecule has 0 saturated carbocycles. The van der Waals surface area contributed by atoms with Crippen LogP contribution in [0.2, 0.25) is 0 Å². The molecule has 5 nitrogen and oxygen atoms in total. The van der Waals surface area contributed by atoms with Crippen molar-refractivity contribution in [3.63, 3.8) is 0 Å². The highest BCUT2D eigenvalue weighted by Crippen LogP contribution is 2.21. The van der Waals surface area contributed by atoms with Crippen LogP contribution >= 0.6 is 0 Å². The van der Waals surface area contributed by atoms with E-state index < -0.39 is 40.6 Å². The van der Waals surface area contributed by atoms with E-state index in [1.807, 2.05) is 0 Å². The van der Waals surface area contributed by atoms with Gasteiger partial charge in [0.05, 0.1) is 6.20 Å². The lowest BCUT2D eigenvalue weighted by atomic mass is 10.3. The van der Waals surface area contributed by atoms with E-state index in [-0.39, 0.29) is 0 Å². The summed E-state index contributed by atoms with van der Waals surface area (Å²) in [7, 11) is 0. The number of hydrogen-bond donors (Lipinski definition) is 2. The first kappa shape index (κ1) is 12.0. The SMILES string of the molecule is O=C(O)c1nn(-c2cc(F)c(F)cc2F)cc1O. The predicted octanol–water partition coefficient (Wildman–Crippen LogP) is 1.69. The summed E-state index contributed by atoms with van der Waals surface area (Å²) in [6, 6.07) is 0.798. The van der Waals surface area contributed by atoms with Gasteiger partial charge in [-0.05, 0) is 0 Å². The predicted molar refractivity (Wildman–Crippen MR) is 52.1 cm³/mol. The van der Waals surface area contributed by atoms with E-state index in [0.29, 0.717) is 16.8 Å². The normalized spacial score (nSPS) is 10.6. The molecule has 2 rings (SSSR count). The maximum absolute atomic E-state index is 13.4. The zero-order chi connectivity index (χ0) is 13.4. The summed E-state index contributed by atoms with van der Waals surface area (Å²) in [5.41, 5.74) is -1.24. The summed E-state index contributed by atoms with van der Waals surface area (Å²) in [5, 5.41) is 21.2. The zero-order valence-corrected chi connectivity index (χ0v) is 8.56. The fourth-order valence-corrected chi connectivity index (χ4v) is 1.33. The van der Waals surface area contributed by atoms with Gasteiger partial charge < -0.3 is 10.2 Å². The Morgan fingerprint density at radius 3 is 2.33 bits per heavy atom. The second-order valence-electron chi connectivity index (χ2n) is 3.33. The van der Waals surface area contributed by atoms with Gasteiger partial charge in [-0.2, -0.15) is 5.10 Å². The first-order chi connectivity index (χ1) is 8.40. The molecule has 2 aromatic rings. The monoisotopic (exact) mass is 258 g/mol. The van der Waals surface area contributed by atoms with Gasteiger partial charge in [0.1, 0.15) is 5.69 Å². The van der Waals surface area contributed by atoms with Crippen LogP contribution in [0.5, 0.6) is 5.75 Å². The van der Waals surface area contributed by atoms with E-state index in [2.05, 4.69) is 5.10 Å². The molecule has 1 aromatic carbocycles. The topological polar surface area (TPSA) is 75.3 Å². The Kier molecular flexibility index (Phi) is 2.70. The number of halogens is 3. The zero-order valence-electron chi connectivity index (χ0n) is 8.56. The molecule has 0 spiro atoms. The van der Waals surface area contributed by atoms with Gasteiger partial charge in [0.2, 0.25) is 5.69 Å². The fourth-order valence-electron chi connectivity index (χ4n) is 1.33. The number of rotatable bonds is 2. The van der Waals surface area contributed by atoms with E-state index in [1.165, 1.54) is 0 Å². The van der Waals surface area contributed by atoms with Crippen molar-refractivity contribution >= 4 is 5.97 Å². The third kappa shape index (κ3) is 1.88. The van der Waals surface area contributed by atoms with E-state index >= 15 is 0 Å². The Hall–Kier alpha value is -2.51. The molecule has 0 saturated heterocycles. The molecule has 2 N–H and O–H groups in total. The lowest BCUT2D eigenvalue weighted by Gasteiger charge is -2.03. The average Bonchev–Trinajstić information content (AvgIpc) is 2.65. The van der Waals surface area contributed by atoms with Crippen LogP contribution in [0.1, 0.15) is 10.5 Å². The van der Waals surface area contributed by atoms with E-state index in [9.17, 15) is 23.1 Å². The molecule has 0 fully saturated rings. The molecule has 0 aliphatic rings. The fraction of sp³-hybridized carbons (Fsp3) is 0. The van der Waals surface area contributed by atoms with E-state index in [4.69, 9.17) is 5.11 Å². The third-order valence-electron chi connectivity index (χ3n) is 2.13. The number of carboxylic acids is 1. The summed E-state index contributed by atoms with van der Waals surface area (Å²) in [4.78, 5) is 10.6. The van der Waals surface area contributed by atoms with Crippen LogP contribution in [0, 0.1) is 17.5 Å². The van der Waals surface area contributed by atoms with Crippen LogP contribution in [-0.2, 0) is 0 Å². The molecule has 1 aromatic heterocycles. The Bertz CT molecular complexity index is 640. The van der Waals surface area contributed by atoms with Crippen molar-refractivity contribution < 1.29 is 28.2 Å². The van der Waals surface area contributed by atoms with Crippen molar-refractivity contribution in [2.75, 3.05) is 0 Å². The van der Waals surface area contributed by atoms with Gasteiger partial charge in [0.25, 0.3) is 0 Å². The quantitative estimate of drug-likeness (QED) is 0.804. The third-order valence-corrected chi connectivity index (χ3v) is 2.13. The number of aromatic carboxylic acids is 1. The minimum absolute atomic E-state index is 0.295. The minimum Gasteiger partial charge on any atom is -0.504 e. The van der Waals surface area contributed by atoms with Crippen LogP contribution < -0.4 is 0 Å². The standard InChI is InChI=1S/C10H5F3N2O3/c11-4-1-6(13)7(2-5(4)12)15-3-8(16)9(14-15)10(17)18/h1-3,16H,(H,17,18). The van der Waals surface area contributed by atoms with Crippen molar-refractivity contribution in [2.45, 2.75) is 0 Å². The maximum Gasteiger partial charge on any atom is 0.360 e. The summed E-state index contributed by atoms with van der Waals surface area (Å²) in [5.74, 6) is -6.10. The number of aromatic hydroxyl groups is 1. The molecular weight excluding hydrogens is 253 g/mol. The summed E-state index contributed by atoms with van der Waals surface area (Å²) < 4.78 is 39.6. The first-order valence-corrected chi connectivity index (χ1v) is 4.57. The highest BCUT2D eigenvalue weighted by Gasteiger charge is 2.18. The Balaban J connectivity index is 2.59. The second kappa shape index (κ2) is 4.06. The van der Waals surface area contributed by atoms with Crippen molar-refractivity contribution in [1.29, 1.82) is 0 Å². The van der Waals surface area contributed by atoms with Crippen LogP contribution in [0.25, 0.3) is 5.69 Å². The lowest BCUT2D eigenvalue weighted by molar-refractivity contribution is 0.0687. The van der Waals surface area contributed by atoms with Crippen molar-refractivity contribution in [3.8, 4) is 11.4 Å². The van der Waals surface area contributed by atoms with Gasteiger partial charge in [-0.1, -0.05) is 0 Å². The number of aromatic nitrogens is 2. The number of carboxylic acid groups (broad SMARTS) is 1. The Morgan fingerprint density at radius 2 is 1.78 bits per heavy atom. The molecule has 94 valence electrons. The molecule has 0 atom stereocenters. The molecule has 0 amide bonds. The van der Waals surface area contributed by atoms with Crippen LogP contribution in [0.3, 0.4) is 0 Å². The van der Waals surface area contributed by atoms with E-state index in [1.54, 1.807) is 0 Å². The molecule has 0 unspecified atom stereocenters. The molecular formula is C10H5F3N2O3. The Morgan fingerprint density at radius 1 is 1.17 bits per heavy atom. The van der Waals surface area contributed by atoms with Gasteiger partial charge in [0, 0.05) is 12.1 Å². The van der Waals surface area contributed by atoms with Gasteiger partial charge in [0.15, 0.2) is 23.2 Å². The molecule has 0 radical (unpaired) electrons. The summed E-state index contributed by atoms with van der Waals surface area (Å²) >= 11 is 0. The second-order valence-corrected chi connectivity index (χ2v) is 3.33. The van der Waals surface area contributed by atoms with Gasteiger partial charge >= 0.3 is 5.97 Å². The molecule has 0 aliphatic carbocycles. The number of nitrogens with zero attached hydrogens (tertiary/aromatic N) is 2. The summed E-state index contributed by atoms with van der Waals surface area (Å²) in [6.07, 6.45) is 0.777. The van der Waals surface area contributed by atoms with Crippen LogP contribution in [-0.4, -0.2) is 26.0 Å². The van der Waals surface area contributed by atoms with Crippen LogP contribution in [0.15, 0.2) is 18.3 Å². The van der Waals surface area contributed by atoms with E-state index in [0.717, 1.165) is 6.20 Å². The minimum atomic E-state index is -1.53. The van der Waals surface area contributed by atoms with Crippen molar-refractivity contribution in [2.24, 2.45) is 0 Å². The molecule has 1 heterocycles. The van der Waals surface area contributed by atoms with Gasteiger partial charge in [-0.3, -0.25) is 0 Å².